The third kappa shape index (κ3) is 4.07. The number of aliphatic carboxylic acids is 1. The molecule has 1 fully saturated rings. The van der Waals surface area contributed by atoms with Gasteiger partial charge in [0.2, 0.25) is 15.9 Å². The van der Waals surface area contributed by atoms with Crippen molar-refractivity contribution in [3.63, 3.8) is 0 Å². The van der Waals surface area contributed by atoms with Crippen molar-refractivity contribution in [3.05, 3.63) is 11.5 Å². The maximum Gasteiger partial charge on any atom is 0.326 e. The fourth-order valence-electron chi connectivity index (χ4n) is 3.12. The monoisotopic (exact) mass is 387 g/mol. The fraction of sp³-hybridized carbons (Fsp3) is 0.688. The predicted molar refractivity (Wildman–Crippen MR) is 91.9 cm³/mol. The highest BCUT2D eigenvalue weighted by molar-refractivity contribution is 7.89. The molecule has 26 heavy (non-hydrogen) atoms. The number of hydrogen-bond acceptors (Lipinski definition) is 6. The van der Waals surface area contributed by atoms with Gasteiger partial charge in [-0.1, -0.05) is 19.0 Å². The SMILES string of the molecule is Cc1noc(C)c1S(=O)(=O)N1CCC(C(=O)N[C@H](C(=O)O)C(C)C)CC1. The van der Waals surface area contributed by atoms with Gasteiger partial charge in [-0.05, 0) is 32.6 Å². The second kappa shape index (κ2) is 7.75. The van der Waals surface area contributed by atoms with Gasteiger partial charge in [-0.15, -0.1) is 0 Å². The van der Waals surface area contributed by atoms with E-state index in [-0.39, 0.29) is 35.6 Å². The minimum Gasteiger partial charge on any atom is -0.480 e. The average Bonchev–Trinajstić information content (AvgIpc) is 2.91. The standard InChI is InChI=1S/C16H25N3O6S/c1-9(2)13(16(21)22)17-15(20)12-5-7-19(8-6-12)26(23,24)14-10(3)18-25-11(14)4/h9,12-13H,5-8H2,1-4H3,(H,17,20)(H,21,22)/t13-/m0/s1. The van der Waals surface area contributed by atoms with Gasteiger partial charge in [0.15, 0.2) is 5.76 Å². The summed E-state index contributed by atoms with van der Waals surface area (Å²) in [6.45, 7) is 6.93. The molecule has 0 spiro atoms. The minimum absolute atomic E-state index is 0.0751. The number of nitrogens with one attached hydrogen (secondary N) is 1. The third-order valence-corrected chi connectivity index (χ3v) is 6.76. The largest absolute Gasteiger partial charge is 0.480 e. The van der Waals surface area contributed by atoms with Crippen LogP contribution >= 0.6 is 0 Å². The number of carbonyl (C=O) groups excluding carboxylic acids is 1. The molecule has 0 unspecified atom stereocenters. The first-order valence-corrected chi connectivity index (χ1v) is 9.96. The summed E-state index contributed by atoms with van der Waals surface area (Å²) in [5.74, 6) is -1.83. The van der Waals surface area contributed by atoms with Crippen LogP contribution in [0.5, 0.6) is 0 Å². The lowest BCUT2D eigenvalue weighted by Gasteiger charge is -2.31. The van der Waals surface area contributed by atoms with Crippen LogP contribution in [0.2, 0.25) is 0 Å². The van der Waals surface area contributed by atoms with Crippen molar-refractivity contribution >= 4 is 21.9 Å². The van der Waals surface area contributed by atoms with E-state index in [4.69, 9.17) is 4.52 Å². The molecule has 1 aromatic rings. The summed E-state index contributed by atoms with van der Waals surface area (Å²) in [4.78, 5) is 23.6. The molecule has 1 saturated heterocycles. The number of carboxylic acids is 1. The highest BCUT2D eigenvalue weighted by atomic mass is 32.2. The summed E-state index contributed by atoms with van der Waals surface area (Å²) in [5.41, 5.74) is 0.309. The maximum absolute atomic E-state index is 12.8. The van der Waals surface area contributed by atoms with Gasteiger partial charge < -0.3 is 14.9 Å². The van der Waals surface area contributed by atoms with Crippen LogP contribution in [-0.2, 0) is 19.6 Å². The summed E-state index contributed by atoms with van der Waals surface area (Å²) in [7, 11) is -3.73. The smallest absolute Gasteiger partial charge is 0.326 e. The molecule has 0 radical (unpaired) electrons. The van der Waals surface area contributed by atoms with E-state index in [0.29, 0.717) is 18.5 Å². The van der Waals surface area contributed by atoms with Crippen LogP contribution in [0, 0.1) is 25.7 Å². The van der Waals surface area contributed by atoms with Crippen molar-refractivity contribution in [2.75, 3.05) is 13.1 Å². The number of carboxylic acid groups (broad SMARTS) is 1. The zero-order valence-corrected chi connectivity index (χ0v) is 16.2. The zero-order chi connectivity index (χ0) is 19.6. The number of sulfonamides is 1. The number of carbonyl (C=O) groups is 2. The van der Waals surface area contributed by atoms with Crippen molar-refractivity contribution in [2.45, 2.75) is 51.5 Å². The first-order chi connectivity index (χ1) is 12.1. The Morgan fingerprint density at radius 1 is 1.27 bits per heavy atom. The van der Waals surface area contributed by atoms with Crippen LogP contribution in [-0.4, -0.2) is 54.0 Å². The molecule has 1 aliphatic rings. The highest BCUT2D eigenvalue weighted by Gasteiger charge is 2.36. The van der Waals surface area contributed by atoms with Gasteiger partial charge in [0.1, 0.15) is 16.6 Å². The van der Waals surface area contributed by atoms with Crippen LogP contribution < -0.4 is 5.32 Å². The molecule has 0 aromatic carbocycles. The number of aryl methyl sites for hydroxylation is 2. The van der Waals surface area contributed by atoms with Gasteiger partial charge in [-0.2, -0.15) is 4.31 Å². The average molecular weight is 387 g/mol. The lowest BCUT2D eigenvalue weighted by molar-refractivity contribution is -0.144. The number of aromatic nitrogens is 1. The van der Waals surface area contributed by atoms with E-state index in [2.05, 4.69) is 10.5 Å². The number of piperidine rings is 1. The fourth-order valence-corrected chi connectivity index (χ4v) is 4.88. The normalized spacial score (nSPS) is 18.0. The van der Waals surface area contributed by atoms with Crippen LogP contribution in [0.4, 0.5) is 0 Å². The van der Waals surface area contributed by atoms with Crippen LogP contribution in [0.3, 0.4) is 0 Å². The molecule has 1 aliphatic heterocycles. The Morgan fingerprint density at radius 3 is 2.27 bits per heavy atom. The zero-order valence-electron chi connectivity index (χ0n) is 15.4. The van der Waals surface area contributed by atoms with Gasteiger partial charge in [-0.25, -0.2) is 13.2 Å². The summed E-state index contributed by atoms with van der Waals surface area (Å²) in [5, 5.41) is 15.4. The Bertz CT molecular complexity index is 758. The van der Waals surface area contributed by atoms with E-state index in [1.807, 2.05) is 0 Å². The molecule has 9 nitrogen and oxygen atoms in total. The molecule has 0 saturated carbocycles. The first-order valence-electron chi connectivity index (χ1n) is 8.52. The molecule has 2 N–H and O–H groups in total. The number of hydrogen-bond donors (Lipinski definition) is 2. The summed E-state index contributed by atoms with van der Waals surface area (Å²) < 4.78 is 31.8. The Labute approximate surface area is 152 Å². The van der Waals surface area contributed by atoms with Gasteiger partial charge in [-0.3, -0.25) is 4.79 Å². The van der Waals surface area contributed by atoms with Gasteiger partial charge in [0, 0.05) is 19.0 Å². The van der Waals surface area contributed by atoms with Crippen LogP contribution in [0.15, 0.2) is 9.42 Å². The molecule has 2 rings (SSSR count). The molecule has 1 atom stereocenters. The second-order valence-electron chi connectivity index (χ2n) is 6.90. The van der Waals surface area contributed by atoms with Gasteiger partial charge in [0.05, 0.1) is 0 Å². The van der Waals surface area contributed by atoms with Gasteiger partial charge in [0.25, 0.3) is 0 Å². The lowest BCUT2D eigenvalue weighted by atomic mass is 9.95. The molecule has 146 valence electrons. The minimum atomic E-state index is -3.73. The van der Waals surface area contributed by atoms with E-state index in [0.717, 1.165) is 0 Å². The van der Waals surface area contributed by atoms with E-state index >= 15 is 0 Å². The molecule has 2 heterocycles. The van der Waals surface area contributed by atoms with Crippen molar-refractivity contribution in [2.24, 2.45) is 11.8 Å². The van der Waals surface area contributed by atoms with Crippen molar-refractivity contribution in [1.82, 2.24) is 14.8 Å². The summed E-state index contributed by atoms with van der Waals surface area (Å²) in [6, 6.07) is -0.952. The van der Waals surface area contributed by atoms with E-state index < -0.39 is 28.0 Å². The lowest BCUT2D eigenvalue weighted by Crippen LogP contribution is -2.49. The maximum atomic E-state index is 12.8. The molecule has 1 amide bonds. The molecular formula is C16H25N3O6S. The highest BCUT2D eigenvalue weighted by Crippen LogP contribution is 2.27. The molecular weight excluding hydrogens is 362 g/mol. The number of rotatable bonds is 6. The third-order valence-electron chi connectivity index (χ3n) is 4.62. The van der Waals surface area contributed by atoms with Crippen molar-refractivity contribution in [1.29, 1.82) is 0 Å². The topological polar surface area (TPSA) is 130 Å². The molecule has 1 aromatic heterocycles. The van der Waals surface area contributed by atoms with E-state index in [9.17, 15) is 23.1 Å². The predicted octanol–water partition coefficient (Wildman–Crippen LogP) is 0.918. The molecule has 0 aliphatic carbocycles. The summed E-state index contributed by atoms with van der Waals surface area (Å²) >= 11 is 0. The number of amides is 1. The molecule has 0 bridgehead atoms. The van der Waals surface area contributed by atoms with E-state index in [1.165, 1.54) is 4.31 Å². The Balaban J connectivity index is 2.03. The van der Waals surface area contributed by atoms with Crippen LogP contribution in [0.1, 0.15) is 38.1 Å². The summed E-state index contributed by atoms with van der Waals surface area (Å²) in [6.07, 6.45) is 0.664. The first kappa shape index (κ1) is 20.4. The van der Waals surface area contributed by atoms with E-state index in [1.54, 1.807) is 27.7 Å². The van der Waals surface area contributed by atoms with Crippen molar-refractivity contribution in [3.8, 4) is 0 Å². The molecule has 10 heteroatoms. The Hall–Kier alpha value is -1.94. The van der Waals surface area contributed by atoms with Crippen molar-refractivity contribution < 1.29 is 27.6 Å². The second-order valence-corrected chi connectivity index (χ2v) is 8.77. The quantitative estimate of drug-likeness (QED) is 0.742. The van der Waals surface area contributed by atoms with Gasteiger partial charge >= 0.3 is 5.97 Å². The Kier molecular flexibility index (Phi) is 6.07. The number of nitrogens with zero attached hydrogens (tertiary/aromatic N) is 2. The Morgan fingerprint density at radius 2 is 1.85 bits per heavy atom. The van der Waals surface area contributed by atoms with Crippen LogP contribution in [0.25, 0.3) is 0 Å².